The van der Waals surface area contributed by atoms with Crippen molar-refractivity contribution in [3.63, 3.8) is 0 Å². The maximum absolute atomic E-state index is 14.0. The molecule has 17 heavy (non-hydrogen) atoms. The third-order valence-corrected chi connectivity index (χ3v) is 2.81. The molecule has 0 radical (unpaired) electrons. The summed E-state index contributed by atoms with van der Waals surface area (Å²) < 4.78 is 14.0. The zero-order chi connectivity index (χ0) is 12.6. The number of anilines is 1. The maximum Gasteiger partial charge on any atom is 0.133 e. The lowest BCUT2D eigenvalue weighted by Crippen LogP contribution is -1.97. The summed E-state index contributed by atoms with van der Waals surface area (Å²) in [6.45, 7) is 5.58. The third-order valence-electron chi connectivity index (χ3n) is 2.81. The molecule has 0 fully saturated rings. The molecular formula is C14H15FN2. The van der Waals surface area contributed by atoms with Crippen LogP contribution in [-0.4, -0.2) is 4.98 Å². The van der Waals surface area contributed by atoms with Crippen LogP contribution in [-0.2, 0) is 0 Å². The fraction of sp³-hybridized carbons (Fsp3) is 0.214. The molecule has 0 aliphatic heterocycles. The summed E-state index contributed by atoms with van der Waals surface area (Å²) in [6, 6.07) is 6.99. The minimum Gasteiger partial charge on any atom is -0.397 e. The van der Waals surface area contributed by atoms with E-state index in [4.69, 9.17) is 5.73 Å². The first-order valence-electron chi connectivity index (χ1n) is 5.49. The van der Waals surface area contributed by atoms with Gasteiger partial charge in [0.15, 0.2) is 0 Å². The van der Waals surface area contributed by atoms with Gasteiger partial charge in [0.25, 0.3) is 0 Å². The Morgan fingerprint density at radius 3 is 2.41 bits per heavy atom. The highest BCUT2D eigenvalue weighted by Crippen LogP contribution is 2.27. The minimum absolute atomic E-state index is 0.237. The van der Waals surface area contributed by atoms with Gasteiger partial charge < -0.3 is 5.73 Å². The Balaban J connectivity index is 2.64. The monoisotopic (exact) mass is 230 g/mol. The second kappa shape index (κ2) is 4.17. The van der Waals surface area contributed by atoms with Gasteiger partial charge in [-0.05, 0) is 50.1 Å². The lowest BCUT2D eigenvalue weighted by molar-refractivity contribution is 0.628. The molecule has 0 aliphatic carbocycles. The topological polar surface area (TPSA) is 38.9 Å². The number of hydrogen-bond acceptors (Lipinski definition) is 2. The van der Waals surface area contributed by atoms with E-state index < -0.39 is 0 Å². The van der Waals surface area contributed by atoms with E-state index >= 15 is 0 Å². The number of halogens is 1. The Morgan fingerprint density at radius 2 is 1.82 bits per heavy atom. The first-order chi connectivity index (χ1) is 7.99. The molecule has 88 valence electrons. The van der Waals surface area contributed by atoms with Gasteiger partial charge in [-0.25, -0.2) is 4.39 Å². The molecular weight excluding hydrogens is 215 g/mol. The first-order valence-corrected chi connectivity index (χ1v) is 5.49. The number of nitrogens with two attached hydrogens (primary N) is 1. The number of hydrogen-bond donors (Lipinski definition) is 1. The van der Waals surface area contributed by atoms with E-state index in [-0.39, 0.29) is 5.82 Å². The predicted octanol–water partition coefficient (Wildman–Crippen LogP) is 3.40. The van der Waals surface area contributed by atoms with E-state index in [2.05, 4.69) is 4.98 Å². The lowest BCUT2D eigenvalue weighted by Gasteiger charge is -2.09. The molecule has 2 nitrogen and oxygen atoms in total. The normalized spacial score (nSPS) is 10.6. The lowest BCUT2D eigenvalue weighted by atomic mass is 10.0. The molecule has 0 bridgehead atoms. The van der Waals surface area contributed by atoms with Crippen LogP contribution in [0.4, 0.5) is 10.1 Å². The molecule has 0 atom stereocenters. The highest BCUT2D eigenvalue weighted by molar-refractivity contribution is 5.66. The summed E-state index contributed by atoms with van der Waals surface area (Å²) >= 11 is 0. The fourth-order valence-corrected chi connectivity index (χ4v) is 1.95. The average molecular weight is 230 g/mol. The summed E-state index contributed by atoms with van der Waals surface area (Å²) in [6.07, 6.45) is 0. The van der Waals surface area contributed by atoms with Gasteiger partial charge in [-0.15, -0.1) is 0 Å². The second-order valence-corrected chi connectivity index (χ2v) is 4.31. The number of nitrogen functional groups attached to an aromatic ring is 1. The van der Waals surface area contributed by atoms with Gasteiger partial charge in [0.2, 0.25) is 0 Å². The number of nitrogens with zero attached hydrogens (tertiary/aromatic N) is 1. The molecule has 2 rings (SSSR count). The molecule has 0 unspecified atom stereocenters. The standard InChI is InChI=1S/C14H15FN2/c1-8-6-9(2)14(11(15)7-8)13-5-4-12(16)10(3)17-13/h4-7H,16H2,1-3H3. The van der Waals surface area contributed by atoms with Crippen LogP contribution < -0.4 is 5.73 Å². The predicted molar refractivity (Wildman–Crippen MR) is 68.3 cm³/mol. The summed E-state index contributed by atoms with van der Waals surface area (Å²) in [5.74, 6) is -0.237. The third kappa shape index (κ3) is 2.13. The van der Waals surface area contributed by atoms with Gasteiger partial charge in [-0.3, -0.25) is 4.98 Å². The van der Waals surface area contributed by atoms with Crippen molar-refractivity contribution in [3.8, 4) is 11.3 Å². The van der Waals surface area contributed by atoms with Crippen molar-refractivity contribution in [2.24, 2.45) is 0 Å². The molecule has 2 N–H and O–H groups in total. The van der Waals surface area contributed by atoms with Crippen molar-refractivity contribution >= 4 is 5.69 Å². The SMILES string of the molecule is Cc1cc(C)c(-c2ccc(N)c(C)n2)c(F)c1. The summed E-state index contributed by atoms with van der Waals surface area (Å²) in [5, 5.41) is 0. The van der Waals surface area contributed by atoms with Crippen LogP contribution in [0.5, 0.6) is 0 Å². The molecule has 0 aliphatic rings. The van der Waals surface area contributed by atoms with Gasteiger partial charge in [0.05, 0.1) is 17.1 Å². The van der Waals surface area contributed by atoms with E-state index in [0.29, 0.717) is 16.9 Å². The van der Waals surface area contributed by atoms with E-state index in [1.807, 2.05) is 26.8 Å². The average Bonchev–Trinajstić information content (AvgIpc) is 2.21. The maximum atomic E-state index is 14.0. The van der Waals surface area contributed by atoms with Crippen LogP contribution in [0.2, 0.25) is 0 Å². The van der Waals surface area contributed by atoms with Crippen LogP contribution >= 0.6 is 0 Å². The molecule has 2 aromatic rings. The van der Waals surface area contributed by atoms with Crippen molar-refractivity contribution < 1.29 is 4.39 Å². The first kappa shape index (κ1) is 11.6. The Hall–Kier alpha value is -1.90. The fourth-order valence-electron chi connectivity index (χ4n) is 1.95. The van der Waals surface area contributed by atoms with Crippen molar-refractivity contribution in [3.05, 3.63) is 46.9 Å². The van der Waals surface area contributed by atoms with Gasteiger partial charge in [-0.1, -0.05) is 6.07 Å². The molecule has 3 heteroatoms. The zero-order valence-electron chi connectivity index (χ0n) is 10.2. The molecule has 0 saturated heterocycles. The second-order valence-electron chi connectivity index (χ2n) is 4.31. The van der Waals surface area contributed by atoms with Crippen molar-refractivity contribution in [2.45, 2.75) is 20.8 Å². The van der Waals surface area contributed by atoms with Crippen LogP contribution in [0.25, 0.3) is 11.3 Å². The smallest absolute Gasteiger partial charge is 0.133 e. The molecule has 1 heterocycles. The largest absolute Gasteiger partial charge is 0.397 e. The number of pyridine rings is 1. The van der Waals surface area contributed by atoms with Crippen LogP contribution in [0, 0.1) is 26.6 Å². The number of aromatic nitrogens is 1. The molecule has 1 aromatic carbocycles. The van der Waals surface area contributed by atoms with Crippen molar-refractivity contribution in [2.75, 3.05) is 5.73 Å². The van der Waals surface area contributed by atoms with Gasteiger partial charge in [0.1, 0.15) is 5.82 Å². The molecule has 0 amide bonds. The van der Waals surface area contributed by atoms with Crippen LogP contribution in [0.15, 0.2) is 24.3 Å². The summed E-state index contributed by atoms with van der Waals surface area (Å²) in [7, 11) is 0. The Morgan fingerprint density at radius 1 is 1.12 bits per heavy atom. The Kier molecular flexibility index (Phi) is 2.84. The van der Waals surface area contributed by atoms with Crippen LogP contribution in [0.3, 0.4) is 0 Å². The van der Waals surface area contributed by atoms with Crippen molar-refractivity contribution in [1.82, 2.24) is 4.98 Å². The molecule has 0 spiro atoms. The minimum atomic E-state index is -0.237. The van der Waals surface area contributed by atoms with Gasteiger partial charge in [-0.2, -0.15) is 0 Å². The summed E-state index contributed by atoms with van der Waals surface area (Å²) in [5.41, 5.74) is 10.0. The Bertz CT molecular complexity index is 553. The van der Waals surface area contributed by atoms with E-state index in [9.17, 15) is 4.39 Å². The van der Waals surface area contributed by atoms with Gasteiger partial charge in [0, 0.05) is 5.56 Å². The van der Waals surface area contributed by atoms with E-state index in [1.54, 1.807) is 12.1 Å². The number of benzene rings is 1. The molecule has 1 aromatic heterocycles. The number of aryl methyl sites for hydroxylation is 3. The zero-order valence-corrected chi connectivity index (χ0v) is 10.2. The van der Waals surface area contributed by atoms with E-state index in [1.165, 1.54) is 6.07 Å². The van der Waals surface area contributed by atoms with Gasteiger partial charge >= 0.3 is 0 Å². The van der Waals surface area contributed by atoms with E-state index in [0.717, 1.165) is 16.8 Å². The highest BCUT2D eigenvalue weighted by atomic mass is 19.1. The Labute approximate surface area is 100 Å². The highest BCUT2D eigenvalue weighted by Gasteiger charge is 2.11. The van der Waals surface area contributed by atoms with Crippen molar-refractivity contribution in [1.29, 1.82) is 0 Å². The molecule has 0 saturated carbocycles. The van der Waals surface area contributed by atoms with Crippen LogP contribution in [0.1, 0.15) is 16.8 Å². The number of rotatable bonds is 1. The summed E-state index contributed by atoms with van der Waals surface area (Å²) in [4.78, 5) is 4.33. The quantitative estimate of drug-likeness (QED) is 0.815.